The molecular formula is C10H12N4OS. The fourth-order valence-electron chi connectivity index (χ4n) is 1.85. The third-order valence-electron chi connectivity index (χ3n) is 2.65. The maximum Gasteiger partial charge on any atom is 0.277 e. The van der Waals surface area contributed by atoms with Gasteiger partial charge in [-0.25, -0.2) is 4.98 Å². The molecule has 0 radical (unpaired) electrons. The first-order valence-corrected chi connectivity index (χ1v) is 6.20. The largest absolute Gasteiger partial charge is 0.332 e. The van der Waals surface area contributed by atoms with Crippen molar-refractivity contribution in [2.24, 2.45) is 0 Å². The Morgan fingerprint density at radius 1 is 1.50 bits per heavy atom. The lowest BCUT2D eigenvalue weighted by Crippen LogP contribution is -2.14. The molecule has 16 heavy (non-hydrogen) atoms. The average molecular weight is 236 g/mol. The Hall–Kier alpha value is -1.27. The molecule has 6 heteroatoms. The predicted octanol–water partition coefficient (Wildman–Crippen LogP) is 1.93. The van der Waals surface area contributed by atoms with Crippen LogP contribution >= 0.6 is 11.3 Å². The van der Waals surface area contributed by atoms with Crippen LogP contribution in [0, 0.1) is 6.92 Å². The Labute approximate surface area is 96.9 Å². The van der Waals surface area contributed by atoms with Crippen molar-refractivity contribution in [3.63, 3.8) is 0 Å². The molecule has 1 saturated heterocycles. The van der Waals surface area contributed by atoms with Gasteiger partial charge < -0.3 is 9.84 Å². The van der Waals surface area contributed by atoms with Crippen LogP contribution in [0.15, 0.2) is 9.90 Å². The molecule has 84 valence electrons. The highest BCUT2D eigenvalue weighted by Gasteiger charge is 2.22. The lowest BCUT2D eigenvalue weighted by molar-refractivity contribution is 0.411. The summed E-state index contributed by atoms with van der Waals surface area (Å²) in [5.41, 5.74) is 0.777. The molecule has 1 N–H and O–H groups in total. The predicted molar refractivity (Wildman–Crippen MR) is 60.1 cm³/mol. The van der Waals surface area contributed by atoms with E-state index in [0.717, 1.165) is 29.5 Å². The molecule has 1 aliphatic heterocycles. The zero-order valence-corrected chi connectivity index (χ0v) is 9.75. The second-order valence-electron chi connectivity index (χ2n) is 3.86. The van der Waals surface area contributed by atoms with Crippen molar-refractivity contribution >= 4 is 11.3 Å². The average Bonchev–Trinajstić information content (AvgIpc) is 2.97. The van der Waals surface area contributed by atoms with Gasteiger partial charge in [0.1, 0.15) is 5.69 Å². The van der Waals surface area contributed by atoms with Crippen molar-refractivity contribution in [1.82, 2.24) is 20.4 Å². The van der Waals surface area contributed by atoms with Gasteiger partial charge in [-0.1, -0.05) is 5.16 Å². The number of rotatable bonds is 2. The van der Waals surface area contributed by atoms with E-state index in [0.29, 0.717) is 5.89 Å². The van der Waals surface area contributed by atoms with E-state index < -0.39 is 0 Å². The smallest absolute Gasteiger partial charge is 0.277 e. The third kappa shape index (κ3) is 1.74. The zero-order valence-electron chi connectivity index (χ0n) is 8.93. The van der Waals surface area contributed by atoms with Gasteiger partial charge in [-0.15, -0.1) is 11.3 Å². The van der Waals surface area contributed by atoms with E-state index in [9.17, 15) is 0 Å². The Kier molecular flexibility index (Phi) is 2.45. The number of thiazole rings is 1. The molecule has 1 atom stereocenters. The van der Waals surface area contributed by atoms with E-state index in [4.69, 9.17) is 4.52 Å². The molecular weight excluding hydrogens is 224 g/mol. The lowest BCUT2D eigenvalue weighted by atomic mass is 10.2. The van der Waals surface area contributed by atoms with Gasteiger partial charge in [0.05, 0.1) is 11.0 Å². The van der Waals surface area contributed by atoms with Crippen LogP contribution in [0.2, 0.25) is 0 Å². The van der Waals surface area contributed by atoms with E-state index in [1.54, 1.807) is 11.3 Å². The Morgan fingerprint density at radius 3 is 3.12 bits per heavy atom. The molecule has 0 saturated carbocycles. The Morgan fingerprint density at radius 2 is 2.44 bits per heavy atom. The minimum absolute atomic E-state index is 0.247. The van der Waals surface area contributed by atoms with Gasteiger partial charge >= 0.3 is 0 Å². The first kappa shape index (κ1) is 9.92. The summed E-state index contributed by atoms with van der Waals surface area (Å²) in [4.78, 5) is 8.70. The van der Waals surface area contributed by atoms with Crippen LogP contribution in [0.5, 0.6) is 0 Å². The summed E-state index contributed by atoms with van der Waals surface area (Å²) in [5.74, 6) is 1.27. The first-order valence-electron chi connectivity index (χ1n) is 5.32. The molecule has 0 aliphatic carbocycles. The van der Waals surface area contributed by atoms with Crippen molar-refractivity contribution in [2.75, 3.05) is 6.54 Å². The van der Waals surface area contributed by atoms with Gasteiger partial charge in [0, 0.05) is 5.38 Å². The van der Waals surface area contributed by atoms with Crippen LogP contribution in [-0.2, 0) is 0 Å². The summed E-state index contributed by atoms with van der Waals surface area (Å²) in [7, 11) is 0. The van der Waals surface area contributed by atoms with Crippen LogP contribution in [0.3, 0.4) is 0 Å². The molecule has 1 unspecified atom stereocenters. The van der Waals surface area contributed by atoms with E-state index in [1.165, 1.54) is 6.42 Å². The molecule has 5 nitrogen and oxygen atoms in total. The molecule has 0 spiro atoms. The van der Waals surface area contributed by atoms with Gasteiger partial charge in [-0.3, -0.25) is 0 Å². The second-order valence-corrected chi connectivity index (χ2v) is 4.92. The van der Waals surface area contributed by atoms with Crippen molar-refractivity contribution in [2.45, 2.75) is 25.8 Å². The van der Waals surface area contributed by atoms with Crippen molar-refractivity contribution in [3.8, 4) is 11.6 Å². The Balaban J connectivity index is 1.87. The Bertz CT molecular complexity index is 486. The summed E-state index contributed by atoms with van der Waals surface area (Å²) in [6, 6.07) is 0.247. The van der Waals surface area contributed by atoms with Crippen LogP contribution < -0.4 is 5.32 Å². The number of nitrogens with zero attached hydrogens (tertiary/aromatic N) is 3. The molecule has 3 rings (SSSR count). The molecule has 0 amide bonds. The SMILES string of the molecule is Cc1nc(-c2nc(C3CCCN3)no2)cs1. The molecule has 2 aromatic rings. The highest BCUT2D eigenvalue weighted by atomic mass is 32.1. The number of aryl methyl sites for hydroxylation is 1. The van der Waals surface area contributed by atoms with E-state index in [-0.39, 0.29) is 6.04 Å². The topological polar surface area (TPSA) is 63.8 Å². The maximum absolute atomic E-state index is 5.22. The molecule has 0 bridgehead atoms. The number of hydrogen-bond donors (Lipinski definition) is 1. The lowest BCUT2D eigenvalue weighted by Gasteiger charge is -2.01. The number of hydrogen-bond acceptors (Lipinski definition) is 6. The monoisotopic (exact) mass is 236 g/mol. The fourth-order valence-corrected chi connectivity index (χ4v) is 2.43. The standard InChI is InChI=1S/C10H12N4OS/c1-6-12-8(5-16-6)10-13-9(14-15-10)7-3-2-4-11-7/h5,7,11H,2-4H2,1H3. The highest BCUT2D eigenvalue weighted by molar-refractivity contribution is 7.09. The van der Waals surface area contributed by atoms with E-state index >= 15 is 0 Å². The quantitative estimate of drug-likeness (QED) is 0.863. The van der Waals surface area contributed by atoms with Gasteiger partial charge in [0.15, 0.2) is 5.82 Å². The van der Waals surface area contributed by atoms with Crippen molar-refractivity contribution in [1.29, 1.82) is 0 Å². The van der Waals surface area contributed by atoms with Gasteiger partial charge in [0.2, 0.25) is 0 Å². The fraction of sp³-hybridized carbons (Fsp3) is 0.500. The van der Waals surface area contributed by atoms with Crippen LogP contribution in [-0.4, -0.2) is 21.7 Å². The zero-order chi connectivity index (χ0) is 11.0. The second kappa shape index (κ2) is 3.95. The minimum Gasteiger partial charge on any atom is -0.332 e. The summed E-state index contributed by atoms with van der Waals surface area (Å²) in [6.07, 6.45) is 2.25. The minimum atomic E-state index is 0.247. The van der Waals surface area contributed by atoms with Crippen LogP contribution in [0.25, 0.3) is 11.6 Å². The summed E-state index contributed by atoms with van der Waals surface area (Å²) in [6.45, 7) is 2.99. The normalized spacial score (nSPS) is 20.4. The first-order chi connectivity index (χ1) is 7.83. The van der Waals surface area contributed by atoms with Crippen molar-refractivity contribution in [3.05, 3.63) is 16.2 Å². The van der Waals surface area contributed by atoms with Gasteiger partial charge in [0.25, 0.3) is 5.89 Å². The van der Waals surface area contributed by atoms with Gasteiger partial charge in [-0.05, 0) is 26.3 Å². The molecule has 3 heterocycles. The van der Waals surface area contributed by atoms with Crippen molar-refractivity contribution < 1.29 is 4.52 Å². The van der Waals surface area contributed by atoms with Crippen LogP contribution in [0.4, 0.5) is 0 Å². The van der Waals surface area contributed by atoms with Crippen LogP contribution in [0.1, 0.15) is 29.7 Å². The molecule has 2 aromatic heterocycles. The van der Waals surface area contributed by atoms with E-state index in [1.807, 2.05) is 12.3 Å². The van der Waals surface area contributed by atoms with Gasteiger partial charge in [-0.2, -0.15) is 4.98 Å². The summed E-state index contributed by atoms with van der Waals surface area (Å²) in [5, 5.41) is 10.3. The number of nitrogens with one attached hydrogen (secondary N) is 1. The number of aromatic nitrogens is 3. The maximum atomic E-state index is 5.22. The molecule has 1 aliphatic rings. The third-order valence-corrected chi connectivity index (χ3v) is 3.43. The molecule has 0 aromatic carbocycles. The molecule has 1 fully saturated rings. The summed E-state index contributed by atoms with van der Waals surface area (Å²) >= 11 is 1.59. The summed E-state index contributed by atoms with van der Waals surface area (Å²) < 4.78 is 5.22. The van der Waals surface area contributed by atoms with E-state index in [2.05, 4.69) is 20.4 Å². The highest BCUT2D eigenvalue weighted by Crippen LogP contribution is 2.24.